The molecule has 1 aliphatic carbocycles. The SMILES string of the molecule is Cc1ccc(CSc2nc(=O)n(Cc3ccccn3)c3c2CCCC3)cc1. The van der Waals surface area contributed by atoms with Crippen molar-refractivity contribution in [1.29, 1.82) is 0 Å². The lowest BCUT2D eigenvalue weighted by molar-refractivity contribution is 0.565. The van der Waals surface area contributed by atoms with E-state index in [1.807, 2.05) is 22.8 Å². The van der Waals surface area contributed by atoms with E-state index >= 15 is 0 Å². The lowest BCUT2D eigenvalue weighted by Crippen LogP contribution is -2.30. The van der Waals surface area contributed by atoms with Crippen LogP contribution in [0.3, 0.4) is 0 Å². The molecule has 0 atom stereocenters. The van der Waals surface area contributed by atoms with E-state index in [4.69, 9.17) is 0 Å². The number of hydrogen-bond acceptors (Lipinski definition) is 4. The summed E-state index contributed by atoms with van der Waals surface area (Å²) in [5.41, 5.74) is 5.67. The molecule has 0 radical (unpaired) electrons. The number of nitrogens with zero attached hydrogens (tertiary/aromatic N) is 3. The van der Waals surface area contributed by atoms with Gasteiger partial charge in [-0.2, -0.15) is 4.98 Å². The summed E-state index contributed by atoms with van der Waals surface area (Å²) in [6.07, 6.45) is 6.00. The van der Waals surface area contributed by atoms with Crippen LogP contribution in [-0.2, 0) is 25.1 Å². The number of aryl methyl sites for hydroxylation is 1. The van der Waals surface area contributed by atoms with Gasteiger partial charge in [0, 0.05) is 23.2 Å². The molecule has 2 heterocycles. The van der Waals surface area contributed by atoms with E-state index in [-0.39, 0.29) is 5.69 Å². The predicted octanol–water partition coefficient (Wildman–Crippen LogP) is 4.17. The van der Waals surface area contributed by atoms with E-state index in [1.165, 1.54) is 16.7 Å². The summed E-state index contributed by atoms with van der Waals surface area (Å²) >= 11 is 1.68. The van der Waals surface area contributed by atoms with Gasteiger partial charge in [0.2, 0.25) is 0 Å². The lowest BCUT2D eigenvalue weighted by atomic mass is 9.97. The van der Waals surface area contributed by atoms with Crippen molar-refractivity contribution < 1.29 is 0 Å². The molecule has 1 aliphatic rings. The molecule has 0 fully saturated rings. The van der Waals surface area contributed by atoms with Gasteiger partial charge < -0.3 is 0 Å². The molecule has 0 saturated carbocycles. The number of rotatable bonds is 5. The summed E-state index contributed by atoms with van der Waals surface area (Å²) < 4.78 is 1.83. The van der Waals surface area contributed by atoms with E-state index in [2.05, 4.69) is 41.2 Å². The van der Waals surface area contributed by atoms with Crippen molar-refractivity contribution in [3.05, 3.63) is 87.2 Å². The van der Waals surface area contributed by atoms with Gasteiger partial charge in [-0.1, -0.05) is 35.9 Å². The molecule has 0 aliphatic heterocycles. The van der Waals surface area contributed by atoms with Crippen molar-refractivity contribution in [2.24, 2.45) is 0 Å². The summed E-state index contributed by atoms with van der Waals surface area (Å²) in [5, 5.41) is 0.910. The average Bonchev–Trinajstić information content (AvgIpc) is 2.71. The maximum absolute atomic E-state index is 12.8. The largest absolute Gasteiger partial charge is 0.349 e. The Kier molecular flexibility index (Phi) is 5.39. The van der Waals surface area contributed by atoms with Gasteiger partial charge >= 0.3 is 5.69 Å². The van der Waals surface area contributed by atoms with E-state index in [0.717, 1.165) is 47.8 Å². The number of fused-ring (bicyclic) bond motifs is 1. The van der Waals surface area contributed by atoms with Crippen LogP contribution in [0.1, 0.15) is 40.9 Å². The van der Waals surface area contributed by atoms with Crippen LogP contribution >= 0.6 is 11.8 Å². The van der Waals surface area contributed by atoms with Gasteiger partial charge in [0.15, 0.2) is 0 Å². The molecule has 0 spiro atoms. The van der Waals surface area contributed by atoms with Crippen LogP contribution in [0.15, 0.2) is 58.5 Å². The molecule has 138 valence electrons. The third-order valence-corrected chi connectivity index (χ3v) is 6.08. The van der Waals surface area contributed by atoms with Gasteiger partial charge in [-0.3, -0.25) is 9.55 Å². The minimum Gasteiger partial charge on any atom is -0.290 e. The summed E-state index contributed by atoms with van der Waals surface area (Å²) in [5.74, 6) is 0.837. The normalized spacial score (nSPS) is 13.4. The Balaban J connectivity index is 1.64. The molecule has 4 rings (SSSR count). The molecule has 27 heavy (non-hydrogen) atoms. The van der Waals surface area contributed by atoms with Crippen molar-refractivity contribution >= 4 is 11.8 Å². The molecule has 0 amide bonds. The first-order chi connectivity index (χ1) is 13.2. The second-order valence-corrected chi connectivity index (χ2v) is 7.98. The molecule has 5 heteroatoms. The number of aromatic nitrogens is 3. The fourth-order valence-corrected chi connectivity index (χ4v) is 4.55. The highest BCUT2D eigenvalue weighted by Gasteiger charge is 2.20. The highest BCUT2D eigenvalue weighted by Crippen LogP contribution is 2.30. The van der Waals surface area contributed by atoms with Gasteiger partial charge in [-0.25, -0.2) is 4.79 Å². The Morgan fingerprint density at radius 3 is 2.67 bits per heavy atom. The second kappa shape index (κ2) is 8.09. The smallest absolute Gasteiger partial charge is 0.290 e. The Bertz CT molecular complexity index is 981. The van der Waals surface area contributed by atoms with Crippen LogP contribution in [0, 0.1) is 6.92 Å². The van der Waals surface area contributed by atoms with Gasteiger partial charge in [0.25, 0.3) is 0 Å². The topological polar surface area (TPSA) is 47.8 Å². The summed E-state index contributed by atoms with van der Waals surface area (Å²) in [7, 11) is 0. The van der Waals surface area contributed by atoms with Crippen molar-refractivity contribution in [2.75, 3.05) is 0 Å². The minimum absolute atomic E-state index is 0.160. The van der Waals surface area contributed by atoms with Crippen LogP contribution < -0.4 is 5.69 Å². The van der Waals surface area contributed by atoms with Crippen LogP contribution in [0.2, 0.25) is 0 Å². The standard InChI is InChI=1S/C22H23N3OS/c1-16-9-11-17(12-10-16)15-27-21-19-7-2-3-8-20(19)25(22(26)24-21)14-18-6-4-5-13-23-18/h4-6,9-13H,2-3,7-8,14-15H2,1H3. The Labute approximate surface area is 163 Å². The average molecular weight is 378 g/mol. The molecule has 1 aromatic carbocycles. The molecule has 2 aromatic heterocycles. The molecule has 0 unspecified atom stereocenters. The van der Waals surface area contributed by atoms with Gasteiger partial charge in [-0.15, -0.1) is 11.8 Å². The molecule has 0 N–H and O–H groups in total. The highest BCUT2D eigenvalue weighted by molar-refractivity contribution is 7.98. The van der Waals surface area contributed by atoms with Gasteiger partial charge in [0.05, 0.1) is 12.2 Å². The summed E-state index contributed by atoms with van der Waals surface area (Å²) in [4.78, 5) is 21.6. The number of benzene rings is 1. The van der Waals surface area contributed by atoms with Crippen molar-refractivity contribution in [3.8, 4) is 0 Å². The van der Waals surface area contributed by atoms with E-state index in [1.54, 1.807) is 18.0 Å². The van der Waals surface area contributed by atoms with Gasteiger partial charge in [-0.05, 0) is 50.3 Å². The molecule has 0 bridgehead atoms. The molecular weight excluding hydrogens is 354 g/mol. The number of pyridine rings is 1. The number of hydrogen-bond donors (Lipinski definition) is 0. The molecule has 3 aromatic rings. The maximum Gasteiger partial charge on any atom is 0.349 e. The molecular formula is C22H23N3OS. The van der Waals surface area contributed by atoms with Gasteiger partial charge in [0.1, 0.15) is 5.03 Å². The van der Waals surface area contributed by atoms with E-state index < -0.39 is 0 Å². The third kappa shape index (κ3) is 4.14. The predicted molar refractivity (Wildman–Crippen MR) is 109 cm³/mol. The lowest BCUT2D eigenvalue weighted by Gasteiger charge is -2.22. The first-order valence-electron chi connectivity index (χ1n) is 9.41. The summed E-state index contributed by atoms with van der Waals surface area (Å²) in [6, 6.07) is 14.4. The Hall–Kier alpha value is -2.40. The van der Waals surface area contributed by atoms with Crippen LogP contribution in [-0.4, -0.2) is 14.5 Å². The minimum atomic E-state index is -0.160. The first-order valence-corrected chi connectivity index (χ1v) is 10.4. The number of thioether (sulfide) groups is 1. The zero-order valence-corrected chi connectivity index (χ0v) is 16.3. The monoisotopic (exact) mass is 377 g/mol. The van der Waals surface area contributed by atoms with Crippen LogP contribution in [0.25, 0.3) is 0 Å². The van der Waals surface area contributed by atoms with E-state index in [0.29, 0.717) is 6.54 Å². The quantitative estimate of drug-likeness (QED) is 0.495. The van der Waals surface area contributed by atoms with Crippen LogP contribution in [0.5, 0.6) is 0 Å². The Morgan fingerprint density at radius 1 is 1.07 bits per heavy atom. The first kappa shape index (κ1) is 18.0. The molecule has 0 saturated heterocycles. The molecule has 4 nitrogen and oxygen atoms in total. The van der Waals surface area contributed by atoms with Crippen LogP contribution in [0.4, 0.5) is 0 Å². The zero-order valence-electron chi connectivity index (χ0n) is 15.5. The highest BCUT2D eigenvalue weighted by atomic mass is 32.2. The zero-order chi connectivity index (χ0) is 18.6. The van der Waals surface area contributed by atoms with Crippen molar-refractivity contribution in [1.82, 2.24) is 14.5 Å². The summed E-state index contributed by atoms with van der Waals surface area (Å²) in [6.45, 7) is 2.59. The van der Waals surface area contributed by atoms with Crippen molar-refractivity contribution in [2.45, 2.75) is 49.9 Å². The maximum atomic E-state index is 12.8. The Morgan fingerprint density at radius 2 is 1.89 bits per heavy atom. The third-order valence-electron chi connectivity index (χ3n) is 4.99. The second-order valence-electron chi connectivity index (χ2n) is 7.01. The van der Waals surface area contributed by atoms with E-state index in [9.17, 15) is 4.79 Å². The fourth-order valence-electron chi connectivity index (χ4n) is 3.52. The fraction of sp³-hybridized carbons (Fsp3) is 0.318. The van der Waals surface area contributed by atoms with Crippen molar-refractivity contribution in [3.63, 3.8) is 0 Å².